The zero-order valence-electron chi connectivity index (χ0n) is 3.80. The molecule has 1 rings (SSSR count). The number of hydrogen-bond donors (Lipinski definition) is 0. The Balaban J connectivity index is 2.39. The molecular weight excluding hydrogens is 201 g/mol. The lowest BCUT2D eigenvalue weighted by Gasteiger charge is -2.01. The largest absolute Gasteiger partial charge is 0.329 e. The molecule has 4 heteroatoms. The van der Waals surface area contributed by atoms with Crippen molar-refractivity contribution in [1.82, 2.24) is 0 Å². The lowest BCUT2D eigenvalue weighted by Crippen LogP contribution is -2.07. The van der Waals surface area contributed by atoms with E-state index in [0.717, 1.165) is 0 Å². The second-order valence-electron chi connectivity index (χ2n) is 1.69. The van der Waals surface area contributed by atoms with Crippen LogP contribution in [0.4, 0.5) is 8.78 Å². The molecule has 0 bridgehead atoms. The Kier molecular flexibility index (Phi) is 1.52. The van der Waals surface area contributed by atoms with Crippen molar-refractivity contribution in [2.75, 3.05) is 0 Å². The molecule has 0 aromatic heterocycles. The Bertz CT molecular complexity index is 101. The van der Waals surface area contributed by atoms with Crippen LogP contribution >= 0.6 is 27.5 Å². The third-order valence-corrected chi connectivity index (χ3v) is 2.10. The first-order valence-electron chi connectivity index (χ1n) is 2.09. The molecule has 0 spiro atoms. The molecule has 0 nitrogen and oxygen atoms in total. The van der Waals surface area contributed by atoms with Gasteiger partial charge in [0.1, 0.15) is 0 Å². The summed E-state index contributed by atoms with van der Waals surface area (Å²) in [5, 5.41) is -3.08. The Hall–Kier alpha value is 0.630. The first-order valence-corrected chi connectivity index (χ1v) is 3.38. The molecule has 47 valence electrons. The number of hydrogen-bond acceptors (Lipinski definition) is 0. The van der Waals surface area contributed by atoms with Gasteiger partial charge in [-0.1, -0.05) is 15.9 Å². The van der Waals surface area contributed by atoms with E-state index in [9.17, 15) is 8.78 Å². The Morgan fingerprint density at radius 2 is 2.12 bits per heavy atom. The SMILES string of the molecule is FC(F)(Cl)[C]1CC1Br. The molecule has 1 saturated carbocycles. The van der Waals surface area contributed by atoms with Crippen molar-refractivity contribution < 1.29 is 8.78 Å². The number of halogens is 4. The highest BCUT2D eigenvalue weighted by Gasteiger charge is 2.53. The first-order chi connectivity index (χ1) is 3.52. The van der Waals surface area contributed by atoms with Gasteiger partial charge in [0.05, 0.1) is 5.92 Å². The fourth-order valence-corrected chi connectivity index (χ4v) is 1.40. The molecule has 1 unspecified atom stereocenters. The molecule has 1 radical (unpaired) electrons. The van der Waals surface area contributed by atoms with Gasteiger partial charge in [0, 0.05) is 4.83 Å². The summed E-state index contributed by atoms with van der Waals surface area (Å²) in [4.78, 5) is -0.144. The minimum atomic E-state index is -3.08. The van der Waals surface area contributed by atoms with Crippen LogP contribution in [0.3, 0.4) is 0 Å². The van der Waals surface area contributed by atoms with Crippen molar-refractivity contribution >= 4 is 27.5 Å². The fraction of sp³-hybridized carbons (Fsp3) is 0.750. The third kappa shape index (κ3) is 1.32. The summed E-state index contributed by atoms with van der Waals surface area (Å²) in [5.74, 6) is 0.0965. The predicted molar refractivity (Wildman–Crippen MR) is 31.4 cm³/mol. The van der Waals surface area contributed by atoms with Crippen LogP contribution in [0.15, 0.2) is 0 Å². The molecule has 0 aromatic carbocycles. The van der Waals surface area contributed by atoms with Crippen LogP contribution in [0.1, 0.15) is 6.42 Å². The van der Waals surface area contributed by atoms with Crippen molar-refractivity contribution in [3.05, 3.63) is 5.92 Å². The molecule has 1 atom stereocenters. The summed E-state index contributed by atoms with van der Waals surface area (Å²) in [5.41, 5.74) is 0. The number of alkyl halides is 4. The van der Waals surface area contributed by atoms with Crippen molar-refractivity contribution in [3.63, 3.8) is 0 Å². The van der Waals surface area contributed by atoms with Crippen LogP contribution in [0.5, 0.6) is 0 Å². The minimum absolute atomic E-state index is 0.0965. The molecule has 8 heavy (non-hydrogen) atoms. The second-order valence-corrected chi connectivity index (χ2v) is 3.27. The molecule has 0 heterocycles. The molecular formula is C4H3BrClF2. The van der Waals surface area contributed by atoms with Gasteiger partial charge in [-0.25, -0.2) is 0 Å². The average Bonchev–Trinajstić information content (AvgIpc) is 2.13. The number of rotatable bonds is 1. The summed E-state index contributed by atoms with van der Waals surface area (Å²) in [7, 11) is 0. The second kappa shape index (κ2) is 1.81. The van der Waals surface area contributed by atoms with Crippen LogP contribution in [0, 0.1) is 5.92 Å². The third-order valence-electron chi connectivity index (χ3n) is 0.981. The predicted octanol–water partition coefficient (Wildman–Crippen LogP) is 2.56. The standard InChI is InChI=1S/C4H3BrClF2/c5-3-1-2(3)4(6,7)8/h3H,1H2. The van der Waals surface area contributed by atoms with Gasteiger partial charge in [-0.05, 0) is 18.0 Å². The molecule has 0 aromatic rings. The van der Waals surface area contributed by atoms with E-state index in [-0.39, 0.29) is 10.7 Å². The molecule has 1 fully saturated rings. The zero-order chi connectivity index (χ0) is 6.36. The van der Waals surface area contributed by atoms with Crippen molar-refractivity contribution in [2.24, 2.45) is 0 Å². The van der Waals surface area contributed by atoms with Gasteiger partial charge >= 0.3 is 5.38 Å². The van der Waals surface area contributed by atoms with E-state index in [1.165, 1.54) is 0 Å². The average molecular weight is 204 g/mol. The summed E-state index contributed by atoms with van der Waals surface area (Å²) >= 11 is 7.61. The van der Waals surface area contributed by atoms with E-state index in [1.807, 2.05) is 0 Å². The quantitative estimate of drug-likeness (QED) is 0.576. The molecule has 0 N–H and O–H groups in total. The van der Waals surface area contributed by atoms with Crippen LogP contribution in [-0.4, -0.2) is 10.2 Å². The maximum absolute atomic E-state index is 11.9. The minimum Gasteiger partial charge on any atom is -0.188 e. The van der Waals surface area contributed by atoms with E-state index >= 15 is 0 Å². The van der Waals surface area contributed by atoms with E-state index < -0.39 is 5.38 Å². The normalized spacial score (nSPS) is 30.8. The van der Waals surface area contributed by atoms with E-state index in [1.54, 1.807) is 0 Å². The zero-order valence-corrected chi connectivity index (χ0v) is 6.14. The van der Waals surface area contributed by atoms with Gasteiger partial charge < -0.3 is 0 Å². The van der Waals surface area contributed by atoms with Gasteiger partial charge in [-0.15, -0.1) is 0 Å². The van der Waals surface area contributed by atoms with E-state index in [0.29, 0.717) is 6.42 Å². The van der Waals surface area contributed by atoms with Gasteiger partial charge in [-0.2, -0.15) is 8.78 Å². The highest BCUT2D eigenvalue weighted by molar-refractivity contribution is 9.09. The van der Waals surface area contributed by atoms with Gasteiger partial charge in [0.15, 0.2) is 0 Å². The summed E-state index contributed by atoms with van der Waals surface area (Å²) in [6.07, 6.45) is 0.413. The van der Waals surface area contributed by atoms with E-state index in [4.69, 9.17) is 0 Å². The lowest BCUT2D eigenvalue weighted by atomic mass is 10.5. The fourth-order valence-electron chi connectivity index (χ4n) is 0.427. The Morgan fingerprint density at radius 3 is 2.12 bits per heavy atom. The van der Waals surface area contributed by atoms with Gasteiger partial charge in [0.2, 0.25) is 0 Å². The highest BCUT2D eigenvalue weighted by atomic mass is 79.9. The molecule has 0 amide bonds. The van der Waals surface area contributed by atoms with Crippen molar-refractivity contribution in [3.8, 4) is 0 Å². The Labute approximate surface area is 59.3 Å². The van der Waals surface area contributed by atoms with Crippen LogP contribution < -0.4 is 0 Å². The highest BCUT2D eigenvalue weighted by Crippen LogP contribution is 2.52. The van der Waals surface area contributed by atoms with Gasteiger partial charge in [0.25, 0.3) is 0 Å². The van der Waals surface area contributed by atoms with Crippen LogP contribution in [0.2, 0.25) is 0 Å². The first kappa shape index (κ1) is 6.75. The van der Waals surface area contributed by atoms with Crippen LogP contribution in [-0.2, 0) is 0 Å². The van der Waals surface area contributed by atoms with Crippen molar-refractivity contribution in [1.29, 1.82) is 0 Å². The molecule has 0 saturated heterocycles. The maximum Gasteiger partial charge on any atom is 0.329 e. The molecule has 1 aliphatic rings. The summed E-state index contributed by atoms with van der Waals surface area (Å²) in [6.45, 7) is 0. The smallest absolute Gasteiger partial charge is 0.188 e. The summed E-state index contributed by atoms with van der Waals surface area (Å²) < 4.78 is 23.7. The van der Waals surface area contributed by atoms with E-state index in [2.05, 4.69) is 27.5 Å². The molecule has 0 aliphatic heterocycles. The Morgan fingerprint density at radius 1 is 1.75 bits per heavy atom. The lowest BCUT2D eigenvalue weighted by molar-refractivity contribution is 0.127. The van der Waals surface area contributed by atoms with Crippen molar-refractivity contribution in [2.45, 2.75) is 16.6 Å². The van der Waals surface area contributed by atoms with Crippen LogP contribution in [0.25, 0.3) is 0 Å². The topological polar surface area (TPSA) is 0 Å². The maximum atomic E-state index is 11.9. The van der Waals surface area contributed by atoms with Gasteiger partial charge in [-0.3, -0.25) is 0 Å². The molecule has 1 aliphatic carbocycles. The summed E-state index contributed by atoms with van der Waals surface area (Å²) in [6, 6.07) is 0. The monoisotopic (exact) mass is 203 g/mol.